The molecule has 11 aromatic carbocycles. The van der Waals surface area contributed by atoms with Gasteiger partial charge in [-0.15, -0.1) is 0 Å². The molecule has 13 aromatic rings. The van der Waals surface area contributed by atoms with Gasteiger partial charge in [-0.05, 0) is 124 Å². The van der Waals surface area contributed by atoms with E-state index >= 15 is 0 Å². The van der Waals surface area contributed by atoms with E-state index in [-0.39, 0.29) is 0 Å². The molecule has 2 aromatic heterocycles. The monoisotopic (exact) mass is 762 g/mol. The lowest BCUT2D eigenvalue weighted by Gasteiger charge is -2.18. The molecule has 0 unspecified atom stereocenters. The summed E-state index contributed by atoms with van der Waals surface area (Å²) in [6, 6.07) is 74.6. The van der Waals surface area contributed by atoms with Crippen LogP contribution < -0.4 is 0 Å². The van der Waals surface area contributed by atoms with Gasteiger partial charge >= 0.3 is 0 Å². The van der Waals surface area contributed by atoms with Crippen LogP contribution in [0.5, 0.6) is 0 Å². The van der Waals surface area contributed by atoms with E-state index < -0.39 is 0 Å². The first-order chi connectivity index (χ1) is 29.7. The Morgan fingerprint density at radius 2 is 0.567 bits per heavy atom. The fraction of sp³-hybridized carbons (Fsp3) is 0. The summed E-state index contributed by atoms with van der Waals surface area (Å²) < 4.78 is 12.9. The molecular weight excluding hydrogens is 729 g/mol. The Balaban J connectivity index is 0.932. The maximum atomic E-state index is 6.43. The highest BCUT2D eigenvalue weighted by Crippen LogP contribution is 2.46. The molecule has 0 saturated carbocycles. The summed E-state index contributed by atoms with van der Waals surface area (Å²) in [6.07, 6.45) is 0. The van der Waals surface area contributed by atoms with Crippen molar-refractivity contribution in [2.24, 2.45) is 0 Å². The fourth-order valence-corrected chi connectivity index (χ4v) is 9.89. The van der Waals surface area contributed by atoms with Crippen LogP contribution in [0.25, 0.3) is 131 Å². The normalized spacial score (nSPS) is 12.0. The summed E-state index contributed by atoms with van der Waals surface area (Å²) in [7, 11) is 0. The minimum Gasteiger partial charge on any atom is -0.456 e. The molecule has 2 nitrogen and oxygen atoms in total. The van der Waals surface area contributed by atoms with Crippen LogP contribution >= 0.6 is 0 Å². The van der Waals surface area contributed by atoms with Gasteiger partial charge in [-0.3, -0.25) is 0 Å². The molecule has 13 rings (SSSR count). The van der Waals surface area contributed by atoms with E-state index in [1.54, 1.807) is 0 Å². The molecule has 0 radical (unpaired) electrons. The molecule has 278 valence electrons. The molecule has 0 saturated heterocycles. The zero-order valence-electron chi connectivity index (χ0n) is 32.4. The first-order valence-corrected chi connectivity index (χ1v) is 20.6. The average Bonchev–Trinajstić information content (AvgIpc) is 3.86. The highest BCUT2D eigenvalue weighted by atomic mass is 16.3. The minimum absolute atomic E-state index is 0.906. The number of hydrogen-bond donors (Lipinski definition) is 0. The van der Waals surface area contributed by atoms with E-state index in [2.05, 4.69) is 206 Å². The Morgan fingerprint density at radius 3 is 0.950 bits per heavy atom. The second-order valence-corrected chi connectivity index (χ2v) is 15.9. The van der Waals surface area contributed by atoms with Gasteiger partial charge in [0.1, 0.15) is 22.3 Å². The standard InChI is InChI=1S/C58H34O2/c1-3-13-41-33-53-49(31-39(41)11-1)57-43(19-9-21-51(57)59-53)35-23-27-37(28-24-35)55-45-15-5-7-17-47(45)56(48-18-8-6-16-46(48)55)38-29-25-36(26-30-38)44-20-10-22-52-58(44)50-32-40-12-2-4-14-42(40)34-54(50)60-52/h1-34H. The van der Waals surface area contributed by atoms with Crippen molar-refractivity contribution < 1.29 is 8.83 Å². The van der Waals surface area contributed by atoms with Crippen molar-refractivity contribution in [3.63, 3.8) is 0 Å². The molecule has 0 atom stereocenters. The SMILES string of the molecule is c1ccc2cc3c(cc2c1)oc1cccc(-c2ccc(-c4c5ccccc5c(-c5ccc(-c6cccc7oc8cc9ccccc9cc8c67)cc5)c5ccccc45)cc2)c13. The van der Waals surface area contributed by atoms with Gasteiger partial charge in [-0.1, -0.05) is 170 Å². The molecule has 2 heteroatoms. The van der Waals surface area contributed by atoms with Gasteiger partial charge in [0.25, 0.3) is 0 Å². The third kappa shape index (κ3) is 4.95. The second-order valence-electron chi connectivity index (χ2n) is 15.9. The summed E-state index contributed by atoms with van der Waals surface area (Å²) in [6.45, 7) is 0. The van der Waals surface area contributed by atoms with Gasteiger partial charge in [-0.2, -0.15) is 0 Å². The highest BCUT2D eigenvalue weighted by molar-refractivity contribution is 6.22. The van der Waals surface area contributed by atoms with Crippen molar-refractivity contribution in [2.45, 2.75) is 0 Å². The molecule has 2 heterocycles. The third-order valence-electron chi connectivity index (χ3n) is 12.6. The minimum atomic E-state index is 0.906. The van der Waals surface area contributed by atoms with Crippen LogP contribution in [0.1, 0.15) is 0 Å². The number of benzene rings is 11. The van der Waals surface area contributed by atoms with Crippen LogP contribution in [0.2, 0.25) is 0 Å². The van der Waals surface area contributed by atoms with E-state index in [0.717, 1.165) is 55.0 Å². The van der Waals surface area contributed by atoms with E-state index in [1.807, 2.05) is 0 Å². The summed E-state index contributed by atoms with van der Waals surface area (Å²) in [5, 5.41) is 14.3. The van der Waals surface area contributed by atoms with Gasteiger partial charge in [0, 0.05) is 21.5 Å². The summed E-state index contributed by atoms with van der Waals surface area (Å²) in [4.78, 5) is 0. The quantitative estimate of drug-likeness (QED) is 0.167. The van der Waals surface area contributed by atoms with Crippen molar-refractivity contribution in [2.75, 3.05) is 0 Å². The van der Waals surface area contributed by atoms with Crippen molar-refractivity contribution in [3.8, 4) is 44.5 Å². The highest BCUT2D eigenvalue weighted by Gasteiger charge is 2.19. The number of furan rings is 2. The molecule has 0 fully saturated rings. The maximum absolute atomic E-state index is 6.43. The molecule has 0 spiro atoms. The van der Waals surface area contributed by atoms with Gasteiger partial charge in [0.15, 0.2) is 0 Å². The lowest BCUT2D eigenvalue weighted by atomic mass is 9.85. The molecule has 0 aliphatic rings. The zero-order chi connectivity index (χ0) is 39.3. The molecule has 0 aliphatic heterocycles. The van der Waals surface area contributed by atoms with Crippen molar-refractivity contribution in [1.82, 2.24) is 0 Å². The van der Waals surface area contributed by atoms with Crippen molar-refractivity contribution in [3.05, 3.63) is 206 Å². The van der Waals surface area contributed by atoms with Crippen molar-refractivity contribution in [1.29, 1.82) is 0 Å². The smallest absolute Gasteiger partial charge is 0.136 e. The molecule has 0 aliphatic carbocycles. The first-order valence-electron chi connectivity index (χ1n) is 20.6. The number of hydrogen-bond acceptors (Lipinski definition) is 2. The summed E-state index contributed by atoms with van der Waals surface area (Å²) >= 11 is 0. The Bertz CT molecular complexity index is 3550. The summed E-state index contributed by atoms with van der Waals surface area (Å²) in [5.41, 5.74) is 13.2. The largest absolute Gasteiger partial charge is 0.456 e. The maximum Gasteiger partial charge on any atom is 0.136 e. The van der Waals surface area contributed by atoms with Gasteiger partial charge in [0.2, 0.25) is 0 Å². The van der Waals surface area contributed by atoms with Crippen molar-refractivity contribution >= 4 is 87.0 Å². The number of fused-ring (bicyclic) bond motifs is 10. The second kappa shape index (κ2) is 12.8. The molecule has 0 N–H and O–H groups in total. The van der Waals surface area contributed by atoms with Gasteiger partial charge in [-0.25, -0.2) is 0 Å². The lowest BCUT2D eigenvalue weighted by Crippen LogP contribution is -1.91. The summed E-state index contributed by atoms with van der Waals surface area (Å²) in [5.74, 6) is 0. The lowest BCUT2D eigenvalue weighted by molar-refractivity contribution is 0.669. The van der Waals surface area contributed by atoms with Crippen LogP contribution in [0.4, 0.5) is 0 Å². The van der Waals surface area contributed by atoms with E-state index in [1.165, 1.54) is 76.5 Å². The molecule has 0 bridgehead atoms. The molecule has 60 heavy (non-hydrogen) atoms. The predicted molar refractivity (Wildman–Crippen MR) is 253 cm³/mol. The topological polar surface area (TPSA) is 26.3 Å². The van der Waals surface area contributed by atoms with E-state index in [0.29, 0.717) is 0 Å². The average molecular weight is 763 g/mol. The van der Waals surface area contributed by atoms with Crippen LogP contribution in [-0.2, 0) is 0 Å². The zero-order valence-corrected chi connectivity index (χ0v) is 32.4. The Labute approximate surface area is 345 Å². The Kier molecular flexibility index (Phi) is 7.05. The number of rotatable bonds is 4. The van der Waals surface area contributed by atoms with Gasteiger partial charge in [0.05, 0.1) is 0 Å². The van der Waals surface area contributed by atoms with Crippen LogP contribution in [0.3, 0.4) is 0 Å². The Hall–Kier alpha value is -7.94. The van der Waals surface area contributed by atoms with E-state index in [4.69, 9.17) is 8.83 Å². The molecular formula is C58H34O2. The molecule has 0 amide bonds. The van der Waals surface area contributed by atoms with Crippen LogP contribution in [0.15, 0.2) is 215 Å². The van der Waals surface area contributed by atoms with Crippen LogP contribution in [-0.4, -0.2) is 0 Å². The first kappa shape index (κ1) is 33.1. The predicted octanol–water partition coefficient (Wildman–Crippen LogP) is 16.8. The van der Waals surface area contributed by atoms with E-state index in [9.17, 15) is 0 Å². The third-order valence-corrected chi connectivity index (χ3v) is 12.6. The van der Waals surface area contributed by atoms with Crippen LogP contribution in [0, 0.1) is 0 Å². The van der Waals surface area contributed by atoms with Gasteiger partial charge < -0.3 is 8.83 Å². The Morgan fingerprint density at radius 1 is 0.233 bits per heavy atom. The fourth-order valence-electron chi connectivity index (χ4n) is 9.89.